The molecular formula is C11H13BrO3. The van der Waals surface area contributed by atoms with Gasteiger partial charge in [-0.3, -0.25) is 4.79 Å². The second-order valence-corrected chi connectivity index (χ2v) is 4.64. The highest BCUT2D eigenvalue weighted by atomic mass is 79.9. The zero-order chi connectivity index (χ0) is 10.7. The van der Waals surface area contributed by atoms with Gasteiger partial charge in [-0.1, -0.05) is 0 Å². The largest absolute Gasteiger partial charge is 0.460 e. The molecule has 2 heterocycles. The Morgan fingerprint density at radius 2 is 2.20 bits per heavy atom. The van der Waals surface area contributed by atoms with Crippen molar-refractivity contribution in [3.63, 3.8) is 0 Å². The van der Waals surface area contributed by atoms with Crippen LogP contribution in [0.2, 0.25) is 0 Å². The van der Waals surface area contributed by atoms with Crippen LogP contribution in [0.15, 0.2) is 21.2 Å². The Morgan fingerprint density at radius 1 is 1.47 bits per heavy atom. The molecule has 82 valence electrons. The van der Waals surface area contributed by atoms with Crippen LogP contribution in [0.5, 0.6) is 0 Å². The molecule has 0 aliphatic carbocycles. The number of Topliss-reactive ketones (excluding diaryl/α,β-unsaturated/α-hetero) is 1. The molecule has 0 radical (unpaired) electrons. The number of hydrogen-bond donors (Lipinski definition) is 0. The van der Waals surface area contributed by atoms with Gasteiger partial charge in [0.1, 0.15) is 0 Å². The van der Waals surface area contributed by atoms with Gasteiger partial charge in [-0.2, -0.15) is 0 Å². The minimum absolute atomic E-state index is 0.0822. The fraction of sp³-hybridized carbons (Fsp3) is 0.545. The molecule has 1 fully saturated rings. The lowest BCUT2D eigenvalue weighted by Gasteiger charge is -2.20. The molecule has 1 aromatic heterocycles. The molecule has 0 N–H and O–H groups in total. The van der Waals surface area contributed by atoms with Crippen molar-refractivity contribution in [2.24, 2.45) is 5.92 Å². The number of carbonyl (C=O) groups excluding carboxylic acids is 1. The zero-order valence-electron chi connectivity index (χ0n) is 8.37. The van der Waals surface area contributed by atoms with Gasteiger partial charge in [-0.15, -0.1) is 0 Å². The molecule has 0 saturated carbocycles. The third kappa shape index (κ3) is 2.69. The summed E-state index contributed by atoms with van der Waals surface area (Å²) in [6.07, 6.45) is 4.05. The summed E-state index contributed by atoms with van der Waals surface area (Å²) in [6.45, 7) is 1.55. The van der Waals surface area contributed by atoms with Gasteiger partial charge in [-0.25, -0.2) is 0 Å². The van der Waals surface area contributed by atoms with Gasteiger partial charge < -0.3 is 9.15 Å². The van der Waals surface area contributed by atoms with Gasteiger partial charge in [0.25, 0.3) is 0 Å². The zero-order valence-corrected chi connectivity index (χ0v) is 9.96. The topological polar surface area (TPSA) is 39.4 Å². The minimum Gasteiger partial charge on any atom is -0.460 e. The molecule has 2 rings (SSSR count). The van der Waals surface area contributed by atoms with E-state index in [2.05, 4.69) is 15.9 Å². The van der Waals surface area contributed by atoms with Gasteiger partial charge in [0, 0.05) is 19.6 Å². The summed E-state index contributed by atoms with van der Waals surface area (Å²) in [5.74, 6) is 0.975. The first-order valence-corrected chi connectivity index (χ1v) is 5.90. The first-order chi connectivity index (χ1) is 7.27. The lowest BCUT2D eigenvalue weighted by Crippen LogP contribution is -2.18. The maximum absolute atomic E-state index is 11.8. The summed E-state index contributed by atoms with van der Waals surface area (Å²) in [5, 5.41) is 0. The van der Waals surface area contributed by atoms with Gasteiger partial charge >= 0.3 is 0 Å². The van der Waals surface area contributed by atoms with Crippen LogP contribution in [-0.2, 0) is 4.74 Å². The van der Waals surface area contributed by atoms with E-state index in [9.17, 15) is 4.79 Å². The second-order valence-electron chi connectivity index (χ2n) is 3.78. The smallest absolute Gasteiger partial charge is 0.199 e. The van der Waals surface area contributed by atoms with Gasteiger partial charge in [0.05, 0.1) is 10.7 Å². The van der Waals surface area contributed by atoms with E-state index in [4.69, 9.17) is 9.15 Å². The van der Waals surface area contributed by atoms with E-state index >= 15 is 0 Å². The van der Waals surface area contributed by atoms with E-state index in [0.29, 0.717) is 18.1 Å². The highest BCUT2D eigenvalue weighted by Crippen LogP contribution is 2.24. The van der Waals surface area contributed by atoms with E-state index in [0.717, 1.165) is 30.5 Å². The van der Waals surface area contributed by atoms with Crippen LogP contribution in [0.4, 0.5) is 0 Å². The fourth-order valence-corrected chi connectivity index (χ4v) is 2.22. The summed E-state index contributed by atoms with van der Waals surface area (Å²) < 4.78 is 11.1. The molecule has 1 saturated heterocycles. The fourth-order valence-electron chi connectivity index (χ4n) is 1.80. The minimum atomic E-state index is 0.0822. The summed E-state index contributed by atoms with van der Waals surface area (Å²) in [4.78, 5) is 11.8. The maximum Gasteiger partial charge on any atom is 0.199 e. The monoisotopic (exact) mass is 272 g/mol. The molecule has 1 aromatic rings. The van der Waals surface area contributed by atoms with Gasteiger partial charge in [0.2, 0.25) is 0 Å². The third-order valence-corrected chi connectivity index (χ3v) is 3.31. The van der Waals surface area contributed by atoms with E-state index in [1.165, 1.54) is 6.26 Å². The number of halogens is 1. The van der Waals surface area contributed by atoms with Crippen molar-refractivity contribution in [3.05, 3.63) is 22.6 Å². The summed E-state index contributed by atoms with van der Waals surface area (Å²) in [6, 6.07) is 1.75. The Balaban J connectivity index is 1.94. The normalized spacial score (nSPS) is 17.9. The first kappa shape index (κ1) is 10.9. The molecule has 3 nitrogen and oxygen atoms in total. The molecule has 0 bridgehead atoms. The van der Waals surface area contributed by atoms with Crippen molar-refractivity contribution < 1.29 is 13.9 Å². The van der Waals surface area contributed by atoms with Crippen LogP contribution in [0.25, 0.3) is 0 Å². The summed E-state index contributed by atoms with van der Waals surface area (Å²) in [7, 11) is 0. The van der Waals surface area contributed by atoms with Crippen molar-refractivity contribution in [1.29, 1.82) is 0 Å². The molecule has 1 aliphatic rings. The van der Waals surface area contributed by atoms with E-state index < -0.39 is 0 Å². The molecule has 0 atom stereocenters. The summed E-state index contributed by atoms with van der Waals surface area (Å²) in [5.41, 5.74) is 0. The predicted octanol–water partition coefficient (Wildman–Crippen LogP) is 3.04. The number of ether oxygens (including phenoxy) is 1. The van der Waals surface area contributed by atoms with Gasteiger partial charge in [0.15, 0.2) is 11.5 Å². The Kier molecular flexibility index (Phi) is 3.59. The molecule has 0 spiro atoms. The molecule has 0 aromatic carbocycles. The van der Waals surface area contributed by atoms with Crippen LogP contribution in [0.3, 0.4) is 0 Å². The van der Waals surface area contributed by atoms with E-state index in [1.807, 2.05) is 0 Å². The number of hydrogen-bond acceptors (Lipinski definition) is 3. The van der Waals surface area contributed by atoms with Crippen LogP contribution >= 0.6 is 15.9 Å². The third-order valence-electron chi connectivity index (χ3n) is 2.69. The second kappa shape index (κ2) is 4.94. The van der Waals surface area contributed by atoms with E-state index in [-0.39, 0.29) is 5.78 Å². The standard InChI is InChI=1S/C11H13BrO3/c12-9-3-6-15-11(9)10(13)7-8-1-4-14-5-2-8/h3,6,8H,1-2,4-5,7H2. The van der Waals surface area contributed by atoms with Crippen LogP contribution < -0.4 is 0 Å². The van der Waals surface area contributed by atoms with Crippen LogP contribution in [-0.4, -0.2) is 19.0 Å². The Bertz CT molecular complexity index is 339. The first-order valence-electron chi connectivity index (χ1n) is 5.11. The number of rotatable bonds is 3. The molecule has 0 amide bonds. The number of ketones is 1. The van der Waals surface area contributed by atoms with Crippen LogP contribution in [0, 0.1) is 5.92 Å². The molecule has 15 heavy (non-hydrogen) atoms. The molecule has 1 aliphatic heterocycles. The predicted molar refractivity (Wildman–Crippen MR) is 58.9 cm³/mol. The highest BCUT2D eigenvalue weighted by molar-refractivity contribution is 9.10. The van der Waals surface area contributed by atoms with Crippen molar-refractivity contribution in [3.8, 4) is 0 Å². The molecule has 4 heteroatoms. The van der Waals surface area contributed by atoms with Crippen molar-refractivity contribution in [1.82, 2.24) is 0 Å². The maximum atomic E-state index is 11.8. The Labute approximate surface area is 96.9 Å². The molecule has 0 unspecified atom stereocenters. The number of carbonyl (C=O) groups is 1. The van der Waals surface area contributed by atoms with Crippen LogP contribution in [0.1, 0.15) is 29.8 Å². The van der Waals surface area contributed by atoms with Crippen molar-refractivity contribution in [2.75, 3.05) is 13.2 Å². The SMILES string of the molecule is O=C(CC1CCOCC1)c1occc1Br. The van der Waals surface area contributed by atoms with E-state index in [1.54, 1.807) is 6.07 Å². The lowest BCUT2D eigenvalue weighted by atomic mass is 9.94. The molecular weight excluding hydrogens is 260 g/mol. The average molecular weight is 273 g/mol. The quantitative estimate of drug-likeness (QED) is 0.794. The Morgan fingerprint density at radius 3 is 2.80 bits per heavy atom. The van der Waals surface area contributed by atoms with Crippen molar-refractivity contribution in [2.45, 2.75) is 19.3 Å². The van der Waals surface area contributed by atoms with Gasteiger partial charge in [-0.05, 0) is 40.8 Å². The number of furan rings is 1. The Hall–Kier alpha value is -0.610. The summed E-state index contributed by atoms with van der Waals surface area (Å²) >= 11 is 3.29. The van der Waals surface area contributed by atoms with Crippen molar-refractivity contribution >= 4 is 21.7 Å². The lowest BCUT2D eigenvalue weighted by molar-refractivity contribution is 0.0592. The highest BCUT2D eigenvalue weighted by Gasteiger charge is 2.21. The average Bonchev–Trinajstić information content (AvgIpc) is 2.66.